The van der Waals surface area contributed by atoms with Crippen molar-refractivity contribution < 1.29 is 9.63 Å². The maximum Gasteiger partial charge on any atom is 0.143 e. The van der Waals surface area contributed by atoms with Gasteiger partial charge in [0.05, 0.1) is 23.1 Å². The number of nitrogens with one attached hydrogen (secondary N) is 1. The number of hydrogen-bond acceptors (Lipinski definition) is 4. The number of rotatable bonds is 6. The number of para-hydroxylation sites is 1. The fourth-order valence-corrected chi connectivity index (χ4v) is 3.21. The number of aliphatic hydroxyl groups excluding tert-OH is 1. The summed E-state index contributed by atoms with van der Waals surface area (Å²) >= 11 is 0. The molecule has 0 aliphatic heterocycles. The maximum absolute atomic E-state index is 10.9. The van der Waals surface area contributed by atoms with Crippen molar-refractivity contribution in [3.63, 3.8) is 0 Å². The van der Waals surface area contributed by atoms with Gasteiger partial charge >= 0.3 is 0 Å². The molecule has 2 N–H and O–H groups in total. The zero-order chi connectivity index (χ0) is 17.3. The molecule has 3 rings (SSSR count). The van der Waals surface area contributed by atoms with Gasteiger partial charge < -0.3 is 19.5 Å². The van der Waals surface area contributed by atoms with Crippen LogP contribution in [0.2, 0.25) is 0 Å². The first-order chi connectivity index (χ1) is 11.5. The van der Waals surface area contributed by atoms with Crippen LogP contribution in [0.4, 0.5) is 0 Å². The molecule has 1 unspecified atom stereocenters. The quantitative estimate of drug-likeness (QED) is 0.725. The summed E-state index contributed by atoms with van der Waals surface area (Å²) in [7, 11) is 4.03. The Labute approximate surface area is 142 Å². The van der Waals surface area contributed by atoms with E-state index in [2.05, 4.69) is 28.0 Å². The lowest BCUT2D eigenvalue weighted by atomic mass is 9.97. The smallest absolute Gasteiger partial charge is 0.143 e. The largest absolute Gasteiger partial charge is 0.388 e. The van der Waals surface area contributed by atoms with E-state index in [1.54, 1.807) is 0 Å². The fraction of sp³-hybridized carbons (Fsp3) is 0.421. The summed E-state index contributed by atoms with van der Waals surface area (Å²) < 4.78 is 5.41. The predicted molar refractivity (Wildman–Crippen MR) is 96.0 cm³/mol. The van der Waals surface area contributed by atoms with Crippen LogP contribution in [0, 0.1) is 6.92 Å². The summed E-state index contributed by atoms with van der Waals surface area (Å²) in [5, 5.41) is 16.1. The van der Waals surface area contributed by atoms with E-state index in [1.807, 2.05) is 39.2 Å². The van der Waals surface area contributed by atoms with Crippen molar-refractivity contribution in [1.82, 2.24) is 15.0 Å². The van der Waals surface area contributed by atoms with E-state index in [4.69, 9.17) is 4.52 Å². The minimum atomic E-state index is -0.544. The number of nitrogens with zero attached hydrogens (tertiary/aromatic N) is 2. The number of aliphatic hydroxyl groups is 1. The van der Waals surface area contributed by atoms with Crippen LogP contribution in [-0.4, -0.2) is 40.8 Å². The monoisotopic (exact) mass is 327 g/mol. The number of aryl methyl sites for hydroxylation is 2. The van der Waals surface area contributed by atoms with Gasteiger partial charge in [-0.3, -0.25) is 0 Å². The van der Waals surface area contributed by atoms with Crippen molar-refractivity contribution in [2.45, 2.75) is 32.8 Å². The molecule has 3 aromatic rings. The molecule has 0 fully saturated rings. The number of H-pyrrole nitrogens is 1. The highest BCUT2D eigenvalue weighted by atomic mass is 16.5. The zero-order valence-electron chi connectivity index (χ0n) is 14.8. The van der Waals surface area contributed by atoms with Crippen LogP contribution in [0.25, 0.3) is 22.2 Å². The molecule has 0 saturated heterocycles. The molecular weight excluding hydrogens is 302 g/mol. The van der Waals surface area contributed by atoms with Gasteiger partial charge in [-0.15, -0.1) is 0 Å². The molecule has 0 aliphatic carbocycles. The van der Waals surface area contributed by atoms with Crippen molar-refractivity contribution in [3.8, 4) is 11.3 Å². The molecule has 0 amide bonds. The van der Waals surface area contributed by atoms with E-state index >= 15 is 0 Å². The van der Waals surface area contributed by atoms with E-state index in [0.29, 0.717) is 6.42 Å². The van der Waals surface area contributed by atoms with E-state index in [1.165, 1.54) is 0 Å². The molecule has 2 heterocycles. The number of benzene rings is 1. The first-order valence-electron chi connectivity index (χ1n) is 8.41. The third-order valence-electron chi connectivity index (χ3n) is 4.45. The highest BCUT2D eigenvalue weighted by Gasteiger charge is 2.24. The van der Waals surface area contributed by atoms with E-state index in [9.17, 15) is 5.11 Å². The molecule has 5 heteroatoms. The number of aromatic nitrogens is 2. The van der Waals surface area contributed by atoms with Crippen LogP contribution in [0.3, 0.4) is 0 Å². The summed E-state index contributed by atoms with van der Waals surface area (Å²) in [6, 6.07) is 8.09. The summed E-state index contributed by atoms with van der Waals surface area (Å²) in [6.07, 6.45) is 0.917. The van der Waals surface area contributed by atoms with Gasteiger partial charge in [-0.05, 0) is 39.9 Å². The number of aromatic amines is 1. The van der Waals surface area contributed by atoms with Crippen molar-refractivity contribution in [2.24, 2.45) is 0 Å². The van der Waals surface area contributed by atoms with Crippen molar-refractivity contribution in [1.29, 1.82) is 0 Å². The van der Waals surface area contributed by atoms with Gasteiger partial charge in [0.1, 0.15) is 5.76 Å². The molecule has 0 radical (unpaired) electrons. The highest BCUT2D eigenvalue weighted by molar-refractivity contribution is 5.91. The third-order valence-corrected chi connectivity index (χ3v) is 4.45. The average molecular weight is 327 g/mol. The Morgan fingerprint density at radius 3 is 2.75 bits per heavy atom. The van der Waals surface area contributed by atoms with Gasteiger partial charge in [0.25, 0.3) is 0 Å². The molecule has 24 heavy (non-hydrogen) atoms. The minimum Gasteiger partial charge on any atom is -0.388 e. The Hall–Kier alpha value is -2.11. The topological polar surface area (TPSA) is 65.3 Å². The second kappa shape index (κ2) is 6.79. The molecule has 0 aliphatic rings. The summed E-state index contributed by atoms with van der Waals surface area (Å²) in [5.74, 6) is 0.777. The fourth-order valence-electron chi connectivity index (χ4n) is 3.21. The van der Waals surface area contributed by atoms with Crippen LogP contribution in [0.15, 0.2) is 28.8 Å². The molecule has 0 spiro atoms. The second-order valence-corrected chi connectivity index (χ2v) is 6.48. The molecule has 128 valence electrons. The third kappa shape index (κ3) is 2.97. The zero-order valence-corrected chi connectivity index (χ0v) is 14.8. The Balaban J connectivity index is 2.17. The maximum atomic E-state index is 10.9. The van der Waals surface area contributed by atoms with Crippen LogP contribution < -0.4 is 0 Å². The highest BCUT2D eigenvalue weighted by Crippen LogP contribution is 2.38. The molecule has 2 aromatic heterocycles. The van der Waals surface area contributed by atoms with Gasteiger partial charge in [-0.25, -0.2) is 0 Å². The summed E-state index contributed by atoms with van der Waals surface area (Å²) in [6.45, 7) is 4.80. The number of fused-ring (bicyclic) bond motifs is 1. The molecule has 0 saturated carbocycles. The van der Waals surface area contributed by atoms with Gasteiger partial charge in [0.15, 0.2) is 0 Å². The van der Waals surface area contributed by atoms with Gasteiger partial charge in [0.2, 0.25) is 0 Å². The van der Waals surface area contributed by atoms with E-state index < -0.39 is 6.10 Å². The molecule has 0 bridgehead atoms. The van der Waals surface area contributed by atoms with Gasteiger partial charge in [-0.2, -0.15) is 0 Å². The molecule has 1 aromatic carbocycles. The normalized spacial score (nSPS) is 13.1. The predicted octanol–water partition coefficient (Wildman–Crippen LogP) is 3.68. The average Bonchev–Trinajstić information content (AvgIpc) is 3.12. The SMILES string of the molecule is CCc1noc(C)c1-c1[nH]c2ccccc2c1C(O)CCN(C)C. The van der Waals surface area contributed by atoms with Crippen LogP contribution in [0.5, 0.6) is 0 Å². The Kier molecular flexibility index (Phi) is 4.73. The molecule has 1 atom stereocenters. The Bertz CT molecular complexity index is 832. The lowest BCUT2D eigenvalue weighted by Gasteiger charge is -2.16. The second-order valence-electron chi connectivity index (χ2n) is 6.48. The Morgan fingerprint density at radius 2 is 2.04 bits per heavy atom. The van der Waals surface area contributed by atoms with Crippen molar-refractivity contribution in [2.75, 3.05) is 20.6 Å². The lowest BCUT2D eigenvalue weighted by molar-refractivity contribution is 0.156. The Morgan fingerprint density at radius 1 is 1.29 bits per heavy atom. The van der Waals surface area contributed by atoms with Crippen molar-refractivity contribution >= 4 is 10.9 Å². The van der Waals surface area contributed by atoms with Crippen LogP contribution >= 0.6 is 0 Å². The summed E-state index contributed by atoms with van der Waals surface area (Å²) in [5.41, 5.74) is 4.79. The standard InChI is InChI=1S/C19H25N3O2/c1-5-14-17(12(2)24-21-14)19-18(16(23)10-11-22(3)4)13-8-6-7-9-15(13)20-19/h6-9,16,20,23H,5,10-11H2,1-4H3. The van der Waals surface area contributed by atoms with Gasteiger partial charge in [0, 0.05) is 23.0 Å². The minimum absolute atomic E-state index is 0.544. The molecular formula is C19H25N3O2. The van der Waals surface area contributed by atoms with E-state index in [-0.39, 0.29) is 0 Å². The first kappa shape index (κ1) is 16.7. The van der Waals surface area contributed by atoms with Gasteiger partial charge in [-0.1, -0.05) is 30.3 Å². The first-order valence-corrected chi connectivity index (χ1v) is 8.41. The number of hydrogen-bond donors (Lipinski definition) is 2. The molecule has 5 nitrogen and oxygen atoms in total. The summed E-state index contributed by atoms with van der Waals surface area (Å²) in [4.78, 5) is 5.56. The van der Waals surface area contributed by atoms with Crippen molar-refractivity contribution in [3.05, 3.63) is 41.3 Å². The lowest BCUT2D eigenvalue weighted by Crippen LogP contribution is -2.16. The van der Waals surface area contributed by atoms with Crippen LogP contribution in [-0.2, 0) is 6.42 Å². The van der Waals surface area contributed by atoms with Crippen LogP contribution in [0.1, 0.15) is 36.5 Å². The van der Waals surface area contributed by atoms with E-state index in [0.717, 1.165) is 52.1 Å².